The monoisotopic (exact) mass is 270 g/mol. The molecule has 1 aromatic rings. The normalized spacial score (nSPS) is 9.33. The minimum atomic E-state index is -1.37. The van der Waals surface area contributed by atoms with Gasteiger partial charge in [0.25, 0.3) is 0 Å². The molecule has 0 atom stereocenters. The lowest BCUT2D eigenvalue weighted by Crippen LogP contribution is -2.04. The van der Waals surface area contributed by atoms with Crippen molar-refractivity contribution < 1.29 is 14.8 Å². The molecule has 1 rings (SSSR count). The van der Waals surface area contributed by atoms with Crippen LogP contribution in [0, 0.1) is 21.4 Å². The molecule has 0 heterocycles. The van der Waals surface area contributed by atoms with Gasteiger partial charge in [0.05, 0.1) is 15.0 Å². The van der Waals surface area contributed by atoms with Crippen molar-refractivity contribution in [1.29, 1.82) is 5.26 Å². The van der Waals surface area contributed by atoms with Crippen molar-refractivity contribution in [3.05, 3.63) is 37.8 Å². The van der Waals surface area contributed by atoms with E-state index in [1.807, 2.05) is 0 Å². The lowest BCUT2D eigenvalue weighted by Gasteiger charge is -2.01. The summed E-state index contributed by atoms with van der Waals surface area (Å²) < 4.78 is 0.0778. The number of aromatic carboxylic acids is 1. The van der Waals surface area contributed by atoms with E-state index >= 15 is 0 Å². The molecular formula is C8H3BrN2O4. The topological polar surface area (TPSA) is 104 Å². The average molecular weight is 271 g/mol. The van der Waals surface area contributed by atoms with Gasteiger partial charge in [0.1, 0.15) is 11.6 Å². The van der Waals surface area contributed by atoms with Gasteiger partial charge in [0, 0.05) is 0 Å². The maximum atomic E-state index is 10.7. The molecule has 0 unspecified atom stereocenters. The molecule has 0 aromatic heterocycles. The zero-order chi connectivity index (χ0) is 11.6. The minimum Gasteiger partial charge on any atom is -0.478 e. The number of rotatable bonds is 2. The van der Waals surface area contributed by atoms with Crippen LogP contribution >= 0.6 is 15.9 Å². The van der Waals surface area contributed by atoms with E-state index in [0.717, 1.165) is 6.07 Å². The zero-order valence-corrected chi connectivity index (χ0v) is 8.69. The molecule has 0 spiro atoms. The standard InChI is InChI=1S/C8H3BrN2O4/c9-6-2-1-4(8(12)13)5(3-10)7(6)11(14)15/h1-2H,(H,12,13). The summed E-state index contributed by atoms with van der Waals surface area (Å²) in [5, 5.41) is 28.0. The SMILES string of the molecule is N#Cc1c(C(=O)O)ccc(Br)c1[N+](=O)[O-]. The van der Waals surface area contributed by atoms with Crippen molar-refractivity contribution >= 4 is 27.6 Å². The molecule has 1 aromatic carbocycles. The van der Waals surface area contributed by atoms with Gasteiger partial charge >= 0.3 is 11.7 Å². The van der Waals surface area contributed by atoms with Crippen LogP contribution in [0.2, 0.25) is 0 Å². The third-order valence-corrected chi connectivity index (χ3v) is 2.29. The number of hydrogen-bond acceptors (Lipinski definition) is 4. The predicted molar refractivity (Wildman–Crippen MR) is 52.5 cm³/mol. The molecule has 1 N–H and O–H groups in total. The summed E-state index contributed by atoms with van der Waals surface area (Å²) in [6.07, 6.45) is 0. The Kier molecular flexibility index (Phi) is 3.01. The summed E-state index contributed by atoms with van der Waals surface area (Å²) in [7, 11) is 0. The van der Waals surface area contributed by atoms with Gasteiger partial charge < -0.3 is 5.11 Å². The highest BCUT2D eigenvalue weighted by Gasteiger charge is 2.24. The molecule has 0 saturated heterocycles. The van der Waals surface area contributed by atoms with E-state index in [0.29, 0.717) is 0 Å². The Morgan fingerprint density at radius 2 is 2.20 bits per heavy atom. The van der Waals surface area contributed by atoms with E-state index in [-0.39, 0.29) is 10.0 Å². The second-order valence-electron chi connectivity index (χ2n) is 2.49. The van der Waals surface area contributed by atoms with E-state index in [9.17, 15) is 14.9 Å². The van der Waals surface area contributed by atoms with Crippen molar-refractivity contribution in [2.75, 3.05) is 0 Å². The van der Waals surface area contributed by atoms with Crippen LogP contribution in [0.15, 0.2) is 16.6 Å². The van der Waals surface area contributed by atoms with E-state index in [2.05, 4.69) is 15.9 Å². The number of nitrogens with zero attached hydrogens (tertiary/aromatic N) is 2. The average Bonchev–Trinajstić information content (AvgIpc) is 2.15. The molecule has 6 nitrogen and oxygen atoms in total. The Morgan fingerprint density at radius 1 is 1.60 bits per heavy atom. The smallest absolute Gasteiger partial charge is 0.337 e. The molecule has 0 saturated carbocycles. The van der Waals surface area contributed by atoms with Crippen molar-refractivity contribution in [2.45, 2.75) is 0 Å². The molecule has 0 fully saturated rings. The third kappa shape index (κ3) is 1.94. The van der Waals surface area contributed by atoms with Gasteiger partial charge in [-0.2, -0.15) is 5.26 Å². The Balaban J connectivity index is 3.64. The summed E-state index contributed by atoms with van der Waals surface area (Å²) in [5.74, 6) is -1.37. The fourth-order valence-corrected chi connectivity index (χ4v) is 1.51. The maximum absolute atomic E-state index is 10.7. The van der Waals surface area contributed by atoms with Gasteiger partial charge in [-0.3, -0.25) is 10.1 Å². The van der Waals surface area contributed by atoms with Crippen LogP contribution in [0.1, 0.15) is 15.9 Å². The largest absolute Gasteiger partial charge is 0.478 e. The van der Waals surface area contributed by atoms with Gasteiger partial charge in [0.2, 0.25) is 0 Å². The lowest BCUT2D eigenvalue weighted by atomic mass is 10.1. The molecule has 0 amide bonds. The van der Waals surface area contributed by atoms with E-state index in [4.69, 9.17) is 10.4 Å². The van der Waals surface area contributed by atoms with Crippen LogP contribution in [0.4, 0.5) is 5.69 Å². The first-order chi connectivity index (χ1) is 6.99. The number of nitro benzene ring substituents is 1. The van der Waals surface area contributed by atoms with Gasteiger partial charge in [-0.25, -0.2) is 4.79 Å². The number of carbonyl (C=O) groups is 1. The molecular weight excluding hydrogens is 268 g/mol. The van der Waals surface area contributed by atoms with Crippen molar-refractivity contribution in [3.8, 4) is 6.07 Å². The summed E-state index contributed by atoms with van der Waals surface area (Å²) in [6, 6.07) is 3.88. The summed E-state index contributed by atoms with van der Waals surface area (Å²) in [6.45, 7) is 0. The third-order valence-electron chi connectivity index (χ3n) is 1.65. The zero-order valence-electron chi connectivity index (χ0n) is 7.10. The number of benzene rings is 1. The molecule has 0 aliphatic rings. The molecule has 76 valence electrons. The van der Waals surface area contributed by atoms with E-state index < -0.39 is 22.1 Å². The van der Waals surface area contributed by atoms with Gasteiger partial charge in [-0.15, -0.1) is 0 Å². The number of halogens is 1. The van der Waals surface area contributed by atoms with Crippen molar-refractivity contribution in [2.24, 2.45) is 0 Å². The first-order valence-electron chi connectivity index (χ1n) is 3.59. The molecule has 7 heteroatoms. The Hall–Kier alpha value is -1.94. The van der Waals surface area contributed by atoms with Gasteiger partial charge in [-0.05, 0) is 28.1 Å². The Morgan fingerprint density at radius 3 is 2.60 bits per heavy atom. The second-order valence-corrected chi connectivity index (χ2v) is 3.35. The number of carboxylic acid groups (broad SMARTS) is 1. The first kappa shape index (κ1) is 11.1. The van der Waals surface area contributed by atoms with Gasteiger partial charge in [-0.1, -0.05) is 0 Å². The number of nitriles is 1. The Labute approximate surface area is 92.0 Å². The summed E-state index contributed by atoms with van der Waals surface area (Å²) >= 11 is 2.89. The van der Waals surface area contributed by atoms with Crippen molar-refractivity contribution in [3.63, 3.8) is 0 Å². The van der Waals surface area contributed by atoms with Crippen LogP contribution in [-0.2, 0) is 0 Å². The molecule has 0 aliphatic heterocycles. The van der Waals surface area contributed by atoms with E-state index in [1.165, 1.54) is 12.1 Å². The highest BCUT2D eigenvalue weighted by atomic mass is 79.9. The minimum absolute atomic E-state index is 0.0778. The number of nitro groups is 1. The second kappa shape index (κ2) is 4.06. The number of hydrogen-bond donors (Lipinski definition) is 1. The quantitative estimate of drug-likeness (QED) is 0.653. The fraction of sp³-hybridized carbons (Fsp3) is 0. The van der Waals surface area contributed by atoms with Crippen LogP contribution in [0.3, 0.4) is 0 Å². The highest BCUT2D eigenvalue weighted by Crippen LogP contribution is 2.30. The number of carboxylic acids is 1. The van der Waals surface area contributed by atoms with Crippen LogP contribution in [-0.4, -0.2) is 16.0 Å². The molecule has 0 radical (unpaired) electrons. The van der Waals surface area contributed by atoms with E-state index in [1.54, 1.807) is 0 Å². The fourth-order valence-electron chi connectivity index (χ4n) is 1.04. The summed E-state index contributed by atoms with van der Waals surface area (Å²) in [5.41, 5.74) is -1.37. The maximum Gasteiger partial charge on any atom is 0.337 e. The van der Waals surface area contributed by atoms with Crippen LogP contribution < -0.4 is 0 Å². The van der Waals surface area contributed by atoms with Gasteiger partial charge in [0.15, 0.2) is 0 Å². The predicted octanol–water partition coefficient (Wildman–Crippen LogP) is 1.93. The molecule has 0 bridgehead atoms. The lowest BCUT2D eigenvalue weighted by molar-refractivity contribution is -0.386. The highest BCUT2D eigenvalue weighted by molar-refractivity contribution is 9.10. The van der Waals surface area contributed by atoms with Crippen LogP contribution in [0.25, 0.3) is 0 Å². The molecule has 15 heavy (non-hydrogen) atoms. The summed E-state index contributed by atoms with van der Waals surface area (Å²) in [4.78, 5) is 20.5. The van der Waals surface area contributed by atoms with Crippen molar-refractivity contribution in [1.82, 2.24) is 0 Å². The first-order valence-corrected chi connectivity index (χ1v) is 4.38. The Bertz CT molecular complexity index is 492. The van der Waals surface area contributed by atoms with Crippen LogP contribution in [0.5, 0.6) is 0 Å². The molecule has 0 aliphatic carbocycles.